The Hall–Kier alpha value is -1.29. The van der Waals surface area contributed by atoms with Gasteiger partial charge in [0.05, 0.1) is 0 Å². The molecule has 0 saturated carbocycles. The van der Waals surface area contributed by atoms with Crippen molar-refractivity contribution >= 4 is 24.5 Å². The first-order valence-electron chi connectivity index (χ1n) is 5.09. The molecule has 2 atom stereocenters. The van der Waals surface area contributed by atoms with Gasteiger partial charge in [-0.2, -0.15) is 12.6 Å². The molecule has 16 heavy (non-hydrogen) atoms. The number of thiol groups is 1. The van der Waals surface area contributed by atoms with Crippen molar-refractivity contribution in [2.75, 3.05) is 0 Å². The third-order valence-electron chi connectivity index (χ3n) is 2.77. The van der Waals surface area contributed by atoms with Crippen LogP contribution in [0.25, 0.3) is 0 Å². The standard InChI is InChI=1S/C12H13NO2S/c1-8(16)12(2)11(14)15-10(13-12)9-6-4-3-5-7-9/h3-8,16H,1-2H3. The van der Waals surface area contributed by atoms with Gasteiger partial charge in [-0.1, -0.05) is 25.1 Å². The van der Waals surface area contributed by atoms with Crippen molar-refractivity contribution < 1.29 is 9.53 Å². The lowest BCUT2D eigenvalue weighted by molar-refractivity contribution is -0.138. The second-order valence-electron chi connectivity index (χ2n) is 4.00. The van der Waals surface area contributed by atoms with E-state index in [-0.39, 0.29) is 11.2 Å². The molecule has 3 nitrogen and oxygen atoms in total. The Morgan fingerprint density at radius 2 is 2.00 bits per heavy atom. The highest BCUT2D eigenvalue weighted by atomic mass is 32.1. The van der Waals surface area contributed by atoms with Gasteiger partial charge in [-0.05, 0) is 19.1 Å². The lowest BCUT2D eigenvalue weighted by Gasteiger charge is -2.19. The number of benzene rings is 1. The van der Waals surface area contributed by atoms with E-state index in [0.717, 1.165) is 5.56 Å². The number of nitrogens with zero attached hydrogens (tertiary/aromatic N) is 1. The molecule has 0 amide bonds. The first-order chi connectivity index (χ1) is 7.54. The number of rotatable bonds is 2. The largest absolute Gasteiger partial charge is 0.405 e. The normalized spacial score (nSPS) is 26.2. The van der Waals surface area contributed by atoms with Crippen molar-refractivity contribution in [1.29, 1.82) is 0 Å². The van der Waals surface area contributed by atoms with Crippen molar-refractivity contribution in [3.05, 3.63) is 35.9 Å². The van der Waals surface area contributed by atoms with Gasteiger partial charge in [0, 0.05) is 10.8 Å². The Bertz CT molecular complexity index is 442. The van der Waals surface area contributed by atoms with E-state index in [1.807, 2.05) is 37.3 Å². The predicted octanol–water partition coefficient (Wildman–Crippen LogP) is 2.07. The molecule has 2 rings (SSSR count). The third-order valence-corrected chi connectivity index (χ3v) is 3.27. The van der Waals surface area contributed by atoms with E-state index in [9.17, 15) is 4.79 Å². The Balaban J connectivity index is 2.37. The van der Waals surface area contributed by atoms with Crippen LogP contribution in [0.2, 0.25) is 0 Å². The second-order valence-corrected chi connectivity index (χ2v) is 4.77. The maximum absolute atomic E-state index is 11.7. The van der Waals surface area contributed by atoms with Crippen LogP contribution in [0, 0.1) is 0 Å². The van der Waals surface area contributed by atoms with Crippen LogP contribution in [0.3, 0.4) is 0 Å². The minimum absolute atomic E-state index is 0.179. The van der Waals surface area contributed by atoms with Crippen LogP contribution in [0.5, 0.6) is 0 Å². The zero-order chi connectivity index (χ0) is 11.8. The second kappa shape index (κ2) is 3.94. The van der Waals surface area contributed by atoms with Gasteiger partial charge in [-0.15, -0.1) is 0 Å². The molecule has 0 aromatic heterocycles. The van der Waals surface area contributed by atoms with E-state index in [0.29, 0.717) is 5.90 Å². The van der Waals surface area contributed by atoms with Crippen molar-refractivity contribution in [3.63, 3.8) is 0 Å². The van der Waals surface area contributed by atoms with Crippen LogP contribution in [0.4, 0.5) is 0 Å². The summed E-state index contributed by atoms with van der Waals surface area (Å²) >= 11 is 4.28. The fourth-order valence-corrected chi connectivity index (χ4v) is 1.60. The lowest BCUT2D eigenvalue weighted by Crippen LogP contribution is -2.38. The molecule has 0 bridgehead atoms. The Labute approximate surface area is 99.9 Å². The molecule has 1 aromatic rings. The predicted molar refractivity (Wildman–Crippen MR) is 65.9 cm³/mol. The summed E-state index contributed by atoms with van der Waals surface area (Å²) in [5.74, 6) is 0.0443. The van der Waals surface area contributed by atoms with Crippen LogP contribution >= 0.6 is 12.6 Å². The zero-order valence-corrected chi connectivity index (χ0v) is 10.1. The van der Waals surface area contributed by atoms with Gasteiger partial charge in [0.2, 0.25) is 5.90 Å². The molecule has 0 fully saturated rings. The van der Waals surface area contributed by atoms with E-state index in [1.54, 1.807) is 6.92 Å². The average Bonchev–Trinajstić information content (AvgIpc) is 2.58. The molecule has 0 spiro atoms. The molecule has 1 aliphatic rings. The number of cyclic esters (lactones) is 1. The molecule has 0 saturated heterocycles. The fourth-order valence-electron chi connectivity index (χ4n) is 1.44. The molecular weight excluding hydrogens is 222 g/mol. The van der Waals surface area contributed by atoms with Crippen molar-refractivity contribution in [2.24, 2.45) is 4.99 Å². The van der Waals surface area contributed by atoms with Gasteiger partial charge in [0.25, 0.3) is 0 Å². The Morgan fingerprint density at radius 3 is 2.50 bits per heavy atom. The number of carbonyl (C=O) groups is 1. The summed E-state index contributed by atoms with van der Waals surface area (Å²) in [7, 11) is 0. The summed E-state index contributed by atoms with van der Waals surface area (Å²) in [6.45, 7) is 3.57. The highest BCUT2D eigenvalue weighted by Gasteiger charge is 2.45. The van der Waals surface area contributed by atoms with Crippen LogP contribution in [0.1, 0.15) is 19.4 Å². The Morgan fingerprint density at radius 1 is 1.38 bits per heavy atom. The van der Waals surface area contributed by atoms with E-state index < -0.39 is 5.54 Å². The maximum Gasteiger partial charge on any atom is 0.341 e. The molecule has 1 heterocycles. The number of aliphatic imine (C=N–C) groups is 1. The molecule has 4 heteroatoms. The van der Waals surface area contributed by atoms with E-state index in [1.165, 1.54) is 0 Å². The molecule has 84 valence electrons. The molecule has 0 N–H and O–H groups in total. The van der Waals surface area contributed by atoms with E-state index >= 15 is 0 Å². The molecule has 1 aromatic carbocycles. The maximum atomic E-state index is 11.7. The fraction of sp³-hybridized carbons (Fsp3) is 0.333. The minimum Gasteiger partial charge on any atom is -0.405 e. The first kappa shape index (κ1) is 11.2. The van der Waals surface area contributed by atoms with Gasteiger partial charge in [-0.25, -0.2) is 9.79 Å². The van der Waals surface area contributed by atoms with Crippen LogP contribution in [-0.4, -0.2) is 22.7 Å². The van der Waals surface area contributed by atoms with Crippen molar-refractivity contribution in [2.45, 2.75) is 24.6 Å². The number of esters is 1. The zero-order valence-electron chi connectivity index (χ0n) is 9.18. The summed E-state index contributed by atoms with van der Waals surface area (Å²) in [5.41, 5.74) is -0.0672. The van der Waals surface area contributed by atoms with Gasteiger partial charge >= 0.3 is 5.97 Å². The van der Waals surface area contributed by atoms with Crippen molar-refractivity contribution in [3.8, 4) is 0 Å². The number of hydrogen-bond acceptors (Lipinski definition) is 4. The molecule has 2 unspecified atom stereocenters. The smallest absolute Gasteiger partial charge is 0.341 e. The van der Waals surface area contributed by atoms with Gasteiger partial charge in [0.1, 0.15) is 0 Å². The number of hydrogen-bond donors (Lipinski definition) is 1. The van der Waals surface area contributed by atoms with Crippen molar-refractivity contribution in [1.82, 2.24) is 0 Å². The lowest BCUT2D eigenvalue weighted by atomic mass is 10.0. The van der Waals surface area contributed by atoms with E-state index in [2.05, 4.69) is 17.6 Å². The third kappa shape index (κ3) is 1.73. The van der Waals surface area contributed by atoms with Gasteiger partial charge in [0.15, 0.2) is 5.54 Å². The number of carbonyl (C=O) groups excluding carboxylic acids is 1. The molecule has 0 radical (unpaired) electrons. The van der Waals surface area contributed by atoms with Gasteiger partial charge in [-0.3, -0.25) is 0 Å². The summed E-state index contributed by atoms with van der Waals surface area (Å²) in [4.78, 5) is 16.1. The molecule has 0 aliphatic carbocycles. The monoisotopic (exact) mass is 235 g/mol. The summed E-state index contributed by atoms with van der Waals surface area (Å²) in [6.07, 6.45) is 0. The van der Waals surface area contributed by atoms with Crippen LogP contribution in [-0.2, 0) is 9.53 Å². The first-order valence-corrected chi connectivity index (χ1v) is 5.61. The van der Waals surface area contributed by atoms with Crippen LogP contribution < -0.4 is 0 Å². The Kier molecular flexibility index (Phi) is 2.76. The highest BCUT2D eigenvalue weighted by Crippen LogP contribution is 2.28. The quantitative estimate of drug-likeness (QED) is 0.629. The summed E-state index contributed by atoms with van der Waals surface area (Å²) in [5, 5.41) is -0.179. The summed E-state index contributed by atoms with van der Waals surface area (Å²) in [6, 6.07) is 9.39. The van der Waals surface area contributed by atoms with Gasteiger partial charge < -0.3 is 4.74 Å². The summed E-state index contributed by atoms with van der Waals surface area (Å²) < 4.78 is 5.19. The highest BCUT2D eigenvalue weighted by molar-refractivity contribution is 7.81. The topological polar surface area (TPSA) is 38.7 Å². The molecular formula is C12H13NO2S. The minimum atomic E-state index is -0.881. The van der Waals surface area contributed by atoms with Crippen LogP contribution in [0.15, 0.2) is 35.3 Å². The molecule has 1 aliphatic heterocycles. The average molecular weight is 235 g/mol. The SMILES string of the molecule is CC(S)C1(C)N=C(c2ccccc2)OC1=O. The number of ether oxygens (including phenoxy) is 1. The van der Waals surface area contributed by atoms with E-state index in [4.69, 9.17) is 4.74 Å².